The molecule has 6 nitrogen and oxygen atoms in total. The topological polar surface area (TPSA) is 56.1 Å². The highest BCUT2D eigenvalue weighted by atomic mass is 16.5. The highest BCUT2D eigenvalue weighted by molar-refractivity contribution is 5.20. The van der Waals surface area contributed by atoms with E-state index in [2.05, 4.69) is 32.3 Å². The highest BCUT2D eigenvalue weighted by Crippen LogP contribution is 2.32. The first-order valence-corrected chi connectivity index (χ1v) is 8.40. The Labute approximate surface area is 136 Å². The van der Waals surface area contributed by atoms with E-state index in [1.165, 1.54) is 24.1 Å². The number of hydrogen-bond acceptors (Lipinski definition) is 5. The number of ether oxygens (including phenoxy) is 1. The fourth-order valence-corrected chi connectivity index (χ4v) is 3.25. The molecular formula is C17H23N5O. The van der Waals surface area contributed by atoms with E-state index in [9.17, 15) is 0 Å². The Balaban J connectivity index is 1.51. The van der Waals surface area contributed by atoms with Crippen LogP contribution in [0.3, 0.4) is 0 Å². The molecule has 1 fully saturated rings. The molecule has 0 aromatic carbocycles. The zero-order valence-corrected chi connectivity index (χ0v) is 13.6. The molecule has 3 heterocycles. The number of pyridine rings is 1. The van der Waals surface area contributed by atoms with Gasteiger partial charge < -0.3 is 4.74 Å². The summed E-state index contributed by atoms with van der Waals surface area (Å²) in [6.45, 7) is 3.49. The first-order valence-electron chi connectivity index (χ1n) is 8.40. The summed E-state index contributed by atoms with van der Waals surface area (Å²) in [5.41, 5.74) is 3.61. The molecule has 2 aliphatic rings. The van der Waals surface area contributed by atoms with Crippen molar-refractivity contribution in [2.24, 2.45) is 13.0 Å². The van der Waals surface area contributed by atoms with Gasteiger partial charge in [-0.15, -0.1) is 5.10 Å². The van der Waals surface area contributed by atoms with Crippen LogP contribution in [0.25, 0.3) is 0 Å². The molecule has 4 rings (SSSR count). The molecule has 0 unspecified atom stereocenters. The van der Waals surface area contributed by atoms with Gasteiger partial charge in [-0.3, -0.25) is 14.6 Å². The normalized spacial score (nSPS) is 21.3. The monoisotopic (exact) mass is 313 g/mol. The second kappa shape index (κ2) is 6.37. The van der Waals surface area contributed by atoms with Gasteiger partial charge >= 0.3 is 0 Å². The van der Waals surface area contributed by atoms with Crippen LogP contribution in [0, 0.1) is 5.92 Å². The minimum Gasteiger partial charge on any atom is -0.379 e. The van der Waals surface area contributed by atoms with Crippen molar-refractivity contribution in [3.05, 3.63) is 41.5 Å². The van der Waals surface area contributed by atoms with Crippen molar-refractivity contribution in [2.45, 2.75) is 31.8 Å². The van der Waals surface area contributed by atoms with Gasteiger partial charge in [-0.05, 0) is 36.5 Å². The minimum atomic E-state index is 0.194. The second-order valence-electron chi connectivity index (χ2n) is 6.62. The Morgan fingerprint density at radius 1 is 1.22 bits per heavy atom. The quantitative estimate of drug-likeness (QED) is 0.813. The Morgan fingerprint density at radius 2 is 2.04 bits per heavy atom. The van der Waals surface area contributed by atoms with Crippen LogP contribution in [0.1, 0.15) is 35.8 Å². The smallest absolute Gasteiger partial charge is 0.105 e. The van der Waals surface area contributed by atoms with E-state index in [0.717, 1.165) is 37.7 Å². The van der Waals surface area contributed by atoms with Crippen LogP contribution in [0.2, 0.25) is 0 Å². The number of aromatic nitrogens is 4. The van der Waals surface area contributed by atoms with Gasteiger partial charge in [-0.2, -0.15) is 0 Å². The third-order valence-corrected chi connectivity index (χ3v) is 4.83. The van der Waals surface area contributed by atoms with Crippen molar-refractivity contribution in [3.63, 3.8) is 0 Å². The van der Waals surface area contributed by atoms with Crippen molar-refractivity contribution >= 4 is 0 Å². The number of aryl methyl sites for hydroxylation is 1. The van der Waals surface area contributed by atoms with E-state index < -0.39 is 0 Å². The van der Waals surface area contributed by atoms with Crippen molar-refractivity contribution in [1.29, 1.82) is 0 Å². The molecule has 23 heavy (non-hydrogen) atoms. The first kappa shape index (κ1) is 14.8. The Bertz CT molecular complexity index is 652. The Kier molecular flexibility index (Phi) is 4.10. The van der Waals surface area contributed by atoms with Crippen LogP contribution < -0.4 is 0 Å². The molecule has 2 aromatic heterocycles. The third-order valence-electron chi connectivity index (χ3n) is 4.83. The lowest BCUT2D eigenvalue weighted by Gasteiger charge is -2.34. The van der Waals surface area contributed by atoms with Crippen molar-refractivity contribution in [2.75, 3.05) is 19.8 Å². The van der Waals surface area contributed by atoms with Gasteiger partial charge in [0, 0.05) is 45.6 Å². The maximum atomic E-state index is 6.00. The molecule has 1 atom stereocenters. The van der Waals surface area contributed by atoms with E-state index in [4.69, 9.17) is 4.74 Å². The molecule has 0 spiro atoms. The maximum absolute atomic E-state index is 6.00. The summed E-state index contributed by atoms with van der Waals surface area (Å²) in [6.07, 6.45) is 7.34. The standard InChI is InChI=1S/C17H23N5O/c1-21-15-6-9-22(10-13-4-7-18-8-5-13)16(17(15)19-20-21)12-23-11-14-2-3-14/h4-5,7-8,14,16H,2-3,6,9-12H2,1H3/t16-/m0/s1. The fourth-order valence-electron chi connectivity index (χ4n) is 3.25. The fraction of sp³-hybridized carbons (Fsp3) is 0.588. The van der Waals surface area contributed by atoms with Crippen molar-refractivity contribution < 1.29 is 4.74 Å². The van der Waals surface area contributed by atoms with E-state index in [-0.39, 0.29) is 6.04 Å². The van der Waals surface area contributed by atoms with Crippen molar-refractivity contribution in [1.82, 2.24) is 24.9 Å². The van der Waals surface area contributed by atoms with Crippen molar-refractivity contribution in [3.8, 4) is 0 Å². The lowest BCUT2D eigenvalue weighted by Crippen LogP contribution is -2.38. The highest BCUT2D eigenvalue weighted by Gasteiger charge is 2.32. The molecule has 1 saturated carbocycles. The van der Waals surface area contributed by atoms with E-state index in [1.807, 2.05) is 24.1 Å². The average Bonchev–Trinajstić information content (AvgIpc) is 3.32. The summed E-state index contributed by atoms with van der Waals surface area (Å²) in [7, 11) is 1.98. The SMILES string of the molecule is Cn1nnc2c1CCN(Cc1ccncc1)[C@H]2COCC1CC1. The van der Waals surface area contributed by atoms with Crippen LogP contribution >= 0.6 is 0 Å². The van der Waals surface area contributed by atoms with Crippen LogP contribution in [0.15, 0.2) is 24.5 Å². The van der Waals surface area contributed by atoms with Crippen LogP contribution in [-0.2, 0) is 24.8 Å². The van der Waals surface area contributed by atoms with Gasteiger partial charge in [0.25, 0.3) is 0 Å². The molecule has 0 saturated heterocycles. The molecule has 122 valence electrons. The molecule has 0 N–H and O–H groups in total. The number of rotatable bonds is 6. The average molecular weight is 313 g/mol. The molecule has 1 aliphatic heterocycles. The van der Waals surface area contributed by atoms with Gasteiger partial charge in [-0.1, -0.05) is 5.21 Å². The summed E-state index contributed by atoms with van der Waals surface area (Å²) >= 11 is 0. The molecule has 0 bridgehead atoms. The van der Waals surface area contributed by atoms with Gasteiger partial charge in [0.1, 0.15) is 5.69 Å². The zero-order valence-electron chi connectivity index (χ0n) is 13.6. The summed E-state index contributed by atoms with van der Waals surface area (Å²) in [5, 5.41) is 8.64. The first-order chi connectivity index (χ1) is 11.3. The maximum Gasteiger partial charge on any atom is 0.105 e. The third kappa shape index (κ3) is 3.28. The number of fused-ring (bicyclic) bond motifs is 1. The largest absolute Gasteiger partial charge is 0.379 e. The van der Waals surface area contributed by atoms with Crippen LogP contribution in [0.4, 0.5) is 0 Å². The van der Waals surface area contributed by atoms with E-state index in [0.29, 0.717) is 6.61 Å². The predicted molar refractivity (Wildman–Crippen MR) is 85.6 cm³/mol. The second-order valence-corrected chi connectivity index (χ2v) is 6.62. The van der Waals surface area contributed by atoms with Gasteiger partial charge in [0.15, 0.2) is 0 Å². The van der Waals surface area contributed by atoms with Gasteiger partial charge in [0.05, 0.1) is 18.3 Å². The van der Waals surface area contributed by atoms with Crippen LogP contribution in [0.5, 0.6) is 0 Å². The Hall–Kier alpha value is -1.79. The lowest BCUT2D eigenvalue weighted by atomic mass is 10.0. The molecule has 0 amide bonds. The Morgan fingerprint density at radius 3 is 2.83 bits per heavy atom. The summed E-state index contributed by atoms with van der Waals surface area (Å²) in [4.78, 5) is 6.56. The van der Waals surface area contributed by atoms with Gasteiger partial charge in [0.2, 0.25) is 0 Å². The summed E-state index contributed by atoms with van der Waals surface area (Å²) in [6, 6.07) is 4.35. The minimum absolute atomic E-state index is 0.194. The molecule has 6 heteroatoms. The van der Waals surface area contributed by atoms with E-state index >= 15 is 0 Å². The van der Waals surface area contributed by atoms with Crippen LogP contribution in [-0.4, -0.2) is 44.6 Å². The zero-order chi connectivity index (χ0) is 15.6. The molecule has 0 radical (unpaired) electrons. The summed E-state index contributed by atoms with van der Waals surface area (Å²) in [5.74, 6) is 0.786. The predicted octanol–water partition coefficient (Wildman–Crippen LogP) is 1.74. The summed E-state index contributed by atoms with van der Waals surface area (Å²) < 4.78 is 7.91. The van der Waals surface area contributed by atoms with Gasteiger partial charge in [-0.25, -0.2) is 0 Å². The lowest BCUT2D eigenvalue weighted by molar-refractivity contribution is 0.0425. The number of nitrogens with zero attached hydrogens (tertiary/aromatic N) is 5. The van der Waals surface area contributed by atoms with E-state index in [1.54, 1.807) is 0 Å². The molecular weight excluding hydrogens is 290 g/mol. The molecule has 1 aliphatic carbocycles. The number of hydrogen-bond donors (Lipinski definition) is 0. The molecule has 2 aromatic rings.